The quantitative estimate of drug-likeness (QED) is 0.826. The Labute approximate surface area is 140 Å². The van der Waals surface area contributed by atoms with Crippen molar-refractivity contribution in [3.05, 3.63) is 28.2 Å². The van der Waals surface area contributed by atoms with Crippen molar-refractivity contribution in [3.8, 4) is 5.75 Å². The Morgan fingerprint density at radius 1 is 1.38 bits per heavy atom. The molecule has 1 aliphatic rings. The largest absolute Gasteiger partial charge is 0.481 e. The van der Waals surface area contributed by atoms with Crippen molar-refractivity contribution in [1.82, 2.24) is 5.32 Å². The molecule has 2 rings (SSSR count). The van der Waals surface area contributed by atoms with Crippen molar-refractivity contribution in [2.24, 2.45) is 11.7 Å². The standard InChI is InChI=1S/C14H18Cl2N2O2.ClH/c1-8(14(19)18-7-13(17)9-2-3-9)20-12-5-10(15)4-11(16)6-12;/h4-6,8-9,13H,2-3,7,17H2,1H3,(H,18,19);1H. The molecule has 0 radical (unpaired) electrons. The second-order valence-electron chi connectivity index (χ2n) is 5.11. The maximum absolute atomic E-state index is 11.9. The van der Waals surface area contributed by atoms with Crippen LogP contribution in [0.3, 0.4) is 0 Å². The molecule has 1 fully saturated rings. The Bertz CT molecular complexity index is 475. The van der Waals surface area contributed by atoms with E-state index in [9.17, 15) is 4.79 Å². The van der Waals surface area contributed by atoms with E-state index in [-0.39, 0.29) is 24.4 Å². The summed E-state index contributed by atoms with van der Waals surface area (Å²) in [5, 5.41) is 3.73. The van der Waals surface area contributed by atoms with Crippen molar-refractivity contribution >= 4 is 41.5 Å². The first kappa shape index (κ1) is 18.4. The Morgan fingerprint density at radius 2 is 1.95 bits per heavy atom. The fourth-order valence-corrected chi connectivity index (χ4v) is 2.41. The molecule has 0 bridgehead atoms. The number of ether oxygens (including phenoxy) is 1. The number of rotatable bonds is 6. The minimum Gasteiger partial charge on any atom is -0.481 e. The summed E-state index contributed by atoms with van der Waals surface area (Å²) >= 11 is 11.8. The number of hydrogen-bond donors (Lipinski definition) is 2. The third-order valence-electron chi connectivity index (χ3n) is 3.26. The Morgan fingerprint density at radius 3 is 2.48 bits per heavy atom. The average molecular weight is 354 g/mol. The summed E-state index contributed by atoms with van der Waals surface area (Å²) in [6.07, 6.45) is 1.68. The third-order valence-corrected chi connectivity index (χ3v) is 3.69. The molecule has 118 valence electrons. The zero-order chi connectivity index (χ0) is 14.7. The predicted octanol–water partition coefficient (Wildman–Crippen LogP) is 3.04. The molecule has 21 heavy (non-hydrogen) atoms. The molecule has 1 aromatic rings. The number of carbonyl (C=O) groups is 1. The summed E-state index contributed by atoms with van der Waals surface area (Å²) in [6.45, 7) is 2.15. The molecular weight excluding hydrogens is 335 g/mol. The van der Waals surface area contributed by atoms with E-state index in [4.69, 9.17) is 33.7 Å². The van der Waals surface area contributed by atoms with Crippen molar-refractivity contribution in [2.75, 3.05) is 6.54 Å². The molecule has 0 saturated heterocycles. The summed E-state index contributed by atoms with van der Waals surface area (Å²) in [5.74, 6) is 0.826. The van der Waals surface area contributed by atoms with Crippen LogP contribution in [0.2, 0.25) is 10.0 Å². The van der Waals surface area contributed by atoms with Crippen LogP contribution in [0.15, 0.2) is 18.2 Å². The van der Waals surface area contributed by atoms with Gasteiger partial charge in [0, 0.05) is 22.6 Å². The van der Waals surface area contributed by atoms with Crippen LogP contribution in [0.4, 0.5) is 0 Å². The van der Waals surface area contributed by atoms with Crippen LogP contribution < -0.4 is 15.8 Å². The lowest BCUT2D eigenvalue weighted by Crippen LogP contribution is -2.43. The van der Waals surface area contributed by atoms with E-state index in [1.54, 1.807) is 25.1 Å². The second kappa shape index (κ2) is 8.08. The molecule has 3 N–H and O–H groups in total. The van der Waals surface area contributed by atoms with Gasteiger partial charge in [-0.05, 0) is 43.9 Å². The van der Waals surface area contributed by atoms with Gasteiger partial charge in [-0.2, -0.15) is 0 Å². The van der Waals surface area contributed by atoms with Crippen LogP contribution in [-0.4, -0.2) is 24.6 Å². The van der Waals surface area contributed by atoms with Crippen molar-refractivity contribution in [3.63, 3.8) is 0 Å². The van der Waals surface area contributed by atoms with E-state index in [1.807, 2.05) is 0 Å². The molecule has 1 aromatic carbocycles. The lowest BCUT2D eigenvalue weighted by Gasteiger charge is -2.17. The molecule has 2 atom stereocenters. The number of benzene rings is 1. The highest BCUT2D eigenvalue weighted by molar-refractivity contribution is 6.34. The molecule has 4 nitrogen and oxygen atoms in total. The van der Waals surface area contributed by atoms with Crippen LogP contribution in [0, 0.1) is 5.92 Å². The van der Waals surface area contributed by atoms with Gasteiger partial charge < -0.3 is 15.8 Å². The van der Waals surface area contributed by atoms with Crippen molar-refractivity contribution in [1.29, 1.82) is 0 Å². The van der Waals surface area contributed by atoms with Crippen LogP contribution in [0.5, 0.6) is 5.75 Å². The number of nitrogens with one attached hydrogen (secondary N) is 1. The van der Waals surface area contributed by atoms with Crippen LogP contribution in [0.1, 0.15) is 19.8 Å². The van der Waals surface area contributed by atoms with E-state index >= 15 is 0 Å². The number of amides is 1. The summed E-state index contributed by atoms with van der Waals surface area (Å²) in [6, 6.07) is 4.88. The highest BCUT2D eigenvalue weighted by Crippen LogP contribution is 2.31. The molecule has 7 heteroatoms. The SMILES string of the molecule is CC(Oc1cc(Cl)cc(Cl)c1)C(=O)NCC(N)C1CC1.Cl. The lowest BCUT2D eigenvalue weighted by atomic mass is 10.2. The molecule has 0 heterocycles. The van der Waals surface area contributed by atoms with E-state index in [2.05, 4.69) is 5.32 Å². The topological polar surface area (TPSA) is 64.3 Å². The molecule has 0 spiro atoms. The molecule has 1 aliphatic carbocycles. The van der Waals surface area contributed by atoms with Gasteiger partial charge in [0.05, 0.1) is 0 Å². The Hall–Kier alpha value is -0.680. The van der Waals surface area contributed by atoms with Crippen LogP contribution in [-0.2, 0) is 4.79 Å². The van der Waals surface area contributed by atoms with E-state index in [0.29, 0.717) is 28.3 Å². The van der Waals surface area contributed by atoms with Gasteiger partial charge in [-0.15, -0.1) is 12.4 Å². The van der Waals surface area contributed by atoms with Gasteiger partial charge in [-0.1, -0.05) is 23.2 Å². The molecule has 0 aromatic heterocycles. The molecule has 0 aliphatic heterocycles. The van der Waals surface area contributed by atoms with Gasteiger partial charge in [0.25, 0.3) is 5.91 Å². The highest BCUT2D eigenvalue weighted by Gasteiger charge is 2.29. The van der Waals surface area contributed by atoms with Gasteiger partial charge >= 0.3 is 0 Å². The van der Waals surface area contributed by atoms with Crippen molar-refractivity contribution < 1.29 is 9.53 Å². The number of carbonyl (C=O) groups excluding carboxylic acids is 1. The fraction of sp³-hybridized carbons (Fsp3) is 0.500. The highest BCUT2D eigenvalue weighted by atomic mass is 35.5. The van der Waals surface area contributed by atoms with Gasteiger partial charge in [0.15, 0.2) is 6.10 Å². The number of nitrogens with two attached hydrogens (primary N) is 1. The summed E-state index contributed by atoms with van der Waals surface area (Å²) in [4.78, 5) is 11.9. The zero-order valence-electron chi connectivity index (χ0n) is 11.6. The number of halogens is 3. The first-order valence-electron chi connectivity index (χ1n) is 6.61. The second-order valence-corrected chi connectivity index (χ2v) is 5.98. The normalized spacial score (nSPS) is 16.6. The van der Waals surface area contributed by atoms with Gasteiger partial charge in [-0.3, -0.25) is 4.79 Å². The zero-order valence-corrected chi connectivity index (χ0v) is 14.0. The first-order chi connectivity index (χ1) is 9.45. The first-order valence-corrected chi connectivity index (χ1v) is 7.37. The average Bonchev–Trinajstić information content (AvgIpc) is 3.18. The van der Waals surface area contributed by atoms with E-state index in [0.717, 1.165) is 12.8 Å². The Balaban J connectivity index is 0.00000220. The Kier molecular flexibility index (Phi) is 7.07. The molecule has 1 saturated carbocycles. The molecular formula is C14H19Cl3N2O2. The molecule has 2 unspecified atom stereocenters. The smallest absolute Gasteiger partial charge is 0.260 e. The third kappa shape index (κ3) is 5.91. The summed E-state index contributed by atoms with van der Waals surface area (Å²) < 4.78 is 5.52. The summed E-state index contributed by atoms with van der Waals surface area (Å²) in [7, 11) is 0. The van der Waals surface area contributed by atoms with Crippen LogP contribution >= 0.6 is 35.6 Å². The number of hydrogen-bond acceptors (Lipinski definition) is 3. The van der Waals surface area contributed by atoms with Crippen molar-refractivity contribution in [2.45, 2.75) is 31.9 Å². The lowest BCUT2D eigenvalue weighted by molar-refractivity contribution is -0.127. The molecule has 1 amide bonds. The van der Waals surface area contributed by atoms with Gasteiger partial charge in [0.2, 0.25) is 0 Å². The van der Waals surface area contributed by atoms with Crippen LogP contribution in [0.25, 0.3) is 0 Å². The monoisotopic (exact) mass is 352 g/mol. The maximum atomic E-state index is 11.9. The predicted molar refractivity (Wildman–Crippen MR) is 87.5 cm³/mol. The van der Waals surface area contributed by atoms with Gasteiger partial charge in [0.1, 0.15) is 5.75 Å². The summed E-state index contributed by atoms with van der Waals surface area (Å²) in [5.41, 5.74) is 5.93. The van der Waals surface area contributed by atoms with Gasteiger partial charge in [-0.25, -0.2) is 0 Å². The fourth-order valence-electron chi connectivity index (χ4n) is 1.91. The minimum atomic E-state index is -0.629. The minimum absolute atomic E-state index is 0. The van der Waals surface area contributed by atoms with E-state index < -0.39 is 6.10 Å². The maximum Gasteiger partial charge on any atom is 0.260 e. The van der Waals surface area contributed by atoms with E-state index in [1.165, 1.54) is 0 Å².